The average Bonchev–Trinajstić information content (AvgIpc) is 1.67. The molecule has 0 atom stereocenters. The lowest BCUT2D eigenvalue weighted by molar-refractivity contribution is -0.377. The van der Waals surface area contributed by atoms with Gasteiger partial charge in [0.05, 0.1) is 39.0 Å². The second-order valence-electron chi connectivity index (χ2n) is 18.3. The summed E-state index contributed by atoms with van der Waals surface area (Å²) in [5.41, 5.74) is -18.8. The van der Waals surface area contributed by atoms with Gasteiger partial charge in [-0.15, -0.1) is 0 Å². The van der Waals surface area contributed by atoms with Crippen LogP contribution in [0.3, 0.4) is 0 Å². The van der Waals surface area contributed by atoms with Crippen LogP contribution in [-0.2, 0) is 15.9 Å². The number of ether oxygens (including phenoxy) is 4. The normalized spacial score (nSPS) is 12.9. The van der Waals surface area contributed by atoms with E-state index in [2.05, 4.69) is 9.47 Å². The Morgan fingerprint density at radius 1 is 0.329 bits per heavy atom. The van der Waals surface area contributed by atoms with Crippen LogP contribution in [0.4, 0.5) is 105 Å². The summed E-state index contributed by atoms with van der Waals surface area (Å²) < 4.78 is 390. The van der Waals surface area contributed by atoms with Crippen LogP contribution in [0.1, 0.15) is 75.6 Å². The van der Waals surface area contributed by atoms with Crippen molar-refractivity contribution in [3.8, 4) is 45.3 Å². The quantitative estimate of drug-likeness (QED) is 0.0532. The first kappa shape index (κ1) is 64.2. The van der Waals surface area contributed by atoms with Gasteiger partial charge in [-0.2, -0.15) is 52.7 Å². The molecule has 0 aliphatic heterocycles. The van der Waals surface area contributed by atoms with Crippen molar-refractivity contribution in [2.24, 2.45) is 0 Å². The van der Waals surface area contributed by atoms with Crippen LogP contribution in [0, 0.1) is 107 Å². The van der Waals surface area contributed by atoms with Crippen molar-refractivity contribution in [2.75, 3.05) is 13.2 Å². The summed E-state index contributed by atoms with van der Waals surface area (Å²) in [6.45, 7) is -0.201. The smallest absolute Gasteiger partial charge is 0.381 e. The number of hydrogen-bond donors (Lipinski definition) is 0. The molecular weight excluding hydrogens is 1170 g/mol. The maximum atomic E-state index is 15.9. The van der Waals surface area contributed by atoms with Gasteiger partial charge in [-0.1, -0.05) is 63.1 Å². The van der Waals surface area contributed by atoms with Gasteiger partial charge in [-0.05, 0) is 63.8 Å². The van der Waals surface area contributed by atoms with Crippen molar-refractivity contribution in [3.63, 3.8) is 0 Å². The number of aryl methyl sites for hydroxylation is 2. The van der Waals surface area contributed by atoms with Crippen molar-refractivity contribution in [1.29, 1.82) is 0 Å². The third kappa shape index (κ3) is 10.5. The highest BCUT2D eigenvalue weighted by Crippen LogP contribution is 2.55. The van der Waals surface area contributed by atoms with Crippen LogP contribution in [0.2, 0.25) is 0 Å². The number of hydrogen-bond acceptors (Lipinski definition) is 4. The Morgan fingerprint density at radius 2 is 0.610 bits per heavy atom. The summed E-state index contributed by atoms with van der Waals surface area (Å²) in [4.78, 5) is 0. The largest absolute Gasteiger partial charge is 0.482 e. The number of benzene rings is 6. The fourth-order valence-electron chi connectivity index (χ4n) is 8.65. The molecule has 6 aromatic rings. The number of rotatable bonds is 21. The van der Waals surface area contributed by atoms with Crippen LogP contribution in [-0.4, -0.2) is 36.9 Å². The van der Waals surface area contributed by atoms with E-state index in [-0.39, 0.29) is 5.75 Å². The lowest BCUT2D eigenvalue weighted by Gasteiger charge is -2.39. The Morgan fingerprint density at radius 3 is 0.939 bits per heavy atom. The molecule has 0 aliphatic rings. The van der Waals surface area contributed by atoms with Crippen LogP contribution in [0.5, 0.6) is 23.0 Å². The van der Waals surface area contributed by atoms with Crippen molar-refractivity contribution in [1.82, 2.24) is 0 Å². The van der Waals surface area contributed by atoms with Crippen LogP contribution in [0.15, 0.2) is 48.5 Å². The molecule has 4 nitrogen and oxygen atoms in total. The first-order valence-electron chi connectivity index (χ1n) is 23.7. The van der Waals surface area contributed by atoms with Crippen molar-refractivity contribution >= 4 is 0 Å². The van der Waals surface area contributed by atoms with E-state index in [0.717, 1.165) is 12.1 Å². The predicted molar refractivity (Wildman–Crippen MR) is 242 cm³/mol. The Labute approximate surface area is 448 Å². The Bertz CT molecular complexity index is 3300. The van der Waals surface area contributed by atoms with Gasteiger partial charge in [0.15, 0.2) is 82.2 Å². The van der Waals surface area contributed by atoms with E-state index < -0.39 is 217 Å². The van der Waals surface area contributed by atoms with E-state index in [0.29, 0.717) is 25.0 Å². The van der Waals surface area contributed by atoms with E-state index in [9.17, 15) is 0 Å². The minimum Gasteiger partial charge on any atom is -0.482 e. The van der Waals surface area contributed by atoms with E-state index in [4.69, 9.17) is 9.47 Å². The molecule has 0 aliphatic carbocycles. The van der Waals surface area contributed by atoms with Gasteiger partial charge < -0.3 is 18.9 Å². The summed E-state index contributed by atoms with van der Waals surface area (Å²) in [5, 5.41) is 0. The Balaban J connectivity index is 1.30. The van der Waals surface area contributed by atoms with Crippen LogP contribution >= 0.6 is 0 Å². The van der Waals surface area contributed by atoms with Gasteiger partial charge in [-0.25, -0.2) is 52.7 Å². The molecule has 0 radical (unpaired) electrons. The molecule has 0 N–H and O–H groups in total. The Hall–Kier alpha value is -7.00. The molecule has 82 heavy (non-hydrogen) atoms. The molecule has 0 unspecified atom stereocenters. The minimum atomic E-state index is -7.62. The molecule has 0 aromatic heterocycles. The first-order valence-corrected chi connectivity index (χ1v) is 23.7. The summed E-state index contributed by atoms with van der Waals surface area (Å²) in [5.74, 6) is -80.0. The zero-order chi connectivity index (χ0) is 61.9. The van der Waals surface area contributed by atoms with Gasteiger partial charge in [0, 0.05) is 0 Å². The first-order chi connectivity index (χ1) is 37.9. The number of alkyl halides is 8. The highest BCUT2D eigenvalue weighted by atomic mass is 19.4. The average molecular weight is 1210 g/mol. The highest BCUT2D eigenvalue weighted by molar-refractivity contribution is 5.70. The van der Waals surface area contributed by atoms with E-state index >= 15 is 105 Å². The molecule has 0 amide bonds. The van der Waals surface area contributed by atoms with Gasteiger partial charge >= 0.3 is 23.7 Å². The SMILES string of the molecule is CCC(CC)(OCC(F)(F)C(F)(F)C(F)(F)C(F)(F)COc1c(F)c(F)c(-c2c(F)c(F)c(C(CC)(CC)Oc3ccc(C)cc3)c(F)c2F)c(F)c1F)c1c(F)c(F)c(-c2c(F)c(F)c(Oc3ccc(C)cc3)c(F)c2F)c(F)c1F. The molecule has 6 aromatic carbocycles. The lowest BCUT2D eigenvalue weighted by Crippen LogP contribution is -2.65. The van der Waals surface area contributed by atoms with Gasteiger partial charge in [0.25, 0.3) is 0 Å². The summed E-state index contributed by atoms with van der Waals surface area (Å²) in [6, 6.07) is 10.1. The van der Waals surface area contributed by atoms with E-state index in [1.54, 1.807) is 6.92 Å². The van der Waals surface area contributed by atoms with Crippen LogP contribution < -0.4 is 14.2 Å². The molecule has 6 rings (SSSR count). The fraction of sp³-hybridized carbons (Fsp3) is 0.333. The summed E-state index contributed by atoms with van der Waals surface area (Å²) in [6.07, 6.45) is -3.62. The summed E-state index contributed by atoms with van der Waals surface area (Å²) in [7, 11) is 0. The highest BCUT2D eigenvalue weighted by Gasteiger charge is 2.81. The maximum Gasteiger partial charge on any atom is 0.381 e. The molecule has 0 bridgehead atoms. The summed E-state index contributed by atoms with van der Waals surface area (Å²) >= 11 is 0. The maximum absolute atomic E-state index is 15.9. The Kier molecular flexibility index (Phi) is 18.0. The third-order valence-electron chi connectivity index (χ3n) is 13.5. The molecule has 0 heterocycles. The van der Waals surface area contributed by atoms with E-state index in [1.165, 1.54) is 57.2 Å². The van der Waals surface area contributed by atoms with Crippen molar-refractivity contribution < 1.29 is 124 Å². The second kappa shape index (κ2) is 23.0. The third-order valence-corrected chi connectivity index (χ3v) is 13.5. The molecule has 0 saturated carbocycles. The molecule has 28 heteroatoms. The molecule has 0 spiro atoms. The molecule has 0 fully saturated rings. The monoisotopic (exact) mass is 1210 g/mol. The predicted octanol–water partition coefficient (Wildman–Crippen LogP) is 18.4. The number of halogens is 24. The van der Waals surface area contributed by atoms with Gasteiger partial charge in [0.1, 0.15) is 23.7 Å². The van der Waals surface area contributed by atoms with Gasteiger partial charge in [0.2, 0.25) is 29.0 Å². The zero-order valence-corrected chi connectivity index (χ0v) is 42.6. The van der Waals surface area contributed by atoms with Crippen LogP contribution in [0.25, 0.3) is 22.3 Å². The van der Waals surface area contributed by atoms with E-state index in [1.807, 2.05) is 0 Å². The topological polar surface area (TPSA) is 36.9 Å². The van der Waals surface area contributed by atoms with Crippen molar-refractivity contribution in [3.05, 3.63) is 164 Å². The zero-order valence-electron chi connectivity index (χ0n) is 42.6. The molecule has 446 valence electrons. The standard InChI is InChI=1S/C54H38F24O4/c1-7-49(8-2,29-39(63)31(55)26(32(56)40(29)64)28-37(61)45(69)48(46(70)38(28)62)81-23-15-11-21(5)12-16-23)80-20-52(73,74)54(77,78)53(75,76)51(71,72)19-79-47-43(67)35(59)27(36(60)44(47)68)25-33(57)41(65)30(42(66)34(25)58)50(9-3,10-4)82-24-17-13-22(6)14-18-24/h11-18H,7-10,19-20H2,1-6H3. The molecular formula is C54H38F24O4. The van der Waals surface area contributed by atoms with Gasteiger partial charge in [-0.3, -0.25) is 0 Å². The molecule has 0 saturated heterocycles. The second-order valence-corrected chi connectivity index (χ2v) is 18.3. The van der Waals surface area contributed by atoms with Crippen molar-refractivity contribution in [2.45, 2.75) is 102 Å². The fourth-order valence-corrected chi connectivity index (χ4v) is 8.65. The lowest BCUT2D eigenvalue weighted by atomic mass is 9.85. The minimum absolute atomic E-state index is 0.128.